The third-order valence-electron chi connectivity index (χ3n) is 3.10. The molecule has 0 saturated carbocycles. The number of non-ortho nitro benzene ring substituents is 1. The second-order valence-electron chi connectivity index (χ2n) is 4.75. The van der Waals surface area contributed by atoms with Gasteiger partial charge < -0.3 is 0 Å². The first-order valence-electron chi connectivity index (χ1n) is 6.46. The van der Waals surface area contributed by atoms with Crippen LogP contribution in [0.5, 0.6) is 0 Å². The summed E-state index contributed by atoms with van der Waals surface area (Å²) in [7, 11) is 0. The van der Waals surface area contributed by atoms with E-state index in [4.69, 9.17) is 0 Å². The van der Waals surface area contributed by atoms with Gasteiger partial charge in [0, 0.05) is 17.7 Å². The molecule has 3 aromatic rings. The molecular formula is C15H11N3O3S. The number of carbonyl (C=O) groups is 1. The van der Waals surface area contributed by atoms with Gasteiger partial charge in [-0.15, -0.1) is 0 Å². The van der Waals surface area contributed by atoms with Crippen molar-refractivity contribution >= 4 is 38.3 Å². The standard InChI is InChI=1S/C15H11N3O3S/c1-9-2-7-13-12(8-9)16-15(22-13)17-14(19)10-3-5-11(6-4-10)18(20)21/h2-8H,1H3,(H,16,17,19). The predicted octanol–water partition coefficient (Wildman–Crippen LogP) is 3.77. The second kappa shape index (κ2) is 5.53. The minimum Gasteiger partial charge on any atom is -0.298 e. The van der Waals surface area contributed by atoms with Crippen molar-refractivity contribution in [2.45, 2.75) is 6.92 Å². The molecule has 22 heavy (non-hydrogen) atoms. The predicted molar refractivity (Wildman–Crippen MR) is 85.4 cm³/mol. The van der Waals surface area contributed by atoms with Gasteiger partial charge in [-0.3, -0.25) is 20.2 Å². The van der Waals surface area contributed by atoms with Gasteiger partial charge in [-0.1, -0.05) is 17.4 Å². The van der Waals surface area contributed by atoms with Gasteiger partial charge >= 0.3 is 0 Å². The average Bonchev–Trinajstić information content (AvgIpc) is 2.88. The molecule has 3 rings (SSSR count). The van der Waals surface area contributed by atoms with Crippen LogP contribution in [0.15, 0.2) is 42.5 Å². The van der Waals surface area contributed by atoms with Crippen LogP contribution < -0.4 is 5.32 Å². The first-order chi connectivity index (χ1) is 10.5. The minimum atomic E-state index is -0.502. The van der Waals surface area contributed by atoms with E-state index in [1.807, 2.05) is 25.1 Å². The fourth-order valence-electron chi connectivity index (χ4n) is 1.99. The second-order valence-corrected chi connectivity index (χ2v) is 5.78. The summed E-state index contributed by atoms with van der Waals surface area (Å²) in [6, 6.07) is 11.3. The molecule has 0 saturated heterocycles. The summed E-state index contributed by atoms with van der Waals surface area (Å²) >= 11 is 1.39. The first kappa shape index (κ1) is 14.2. The highest BCUT2D eigenvalue weighted by atomic mass is 32.1. The molecule has 0 atom stereocenters. The summed E-state index contributed by atoms with van der Waals surface area (Å²) in [6.07, 6.45) is 0. The van der Waals surface area contributed by atoms with Crippen LogP contribution in [0.2, 0.25) is 0 Å². The number of aryl methyl sites for hydroxylation is 1. The number of nitro groups is 1. The lowest BCUT2D eigenvalue weighted by atomic mass is 10.2. The van der Waals surface area contributed by atoms with Crippen molar-refractivity contribution in [2.24, 2.45) is 0 Å². The molecule has 1 amide bonds. The van der Waals surface area contributed by atoms with E-state index >= 15 is 0 Å². The summed E-state index contributed by atoms with van der Waals surface area (Å²) in [5.74, 6) is -0.342. The summed E-state index contributed by atoms with van der Waals surface area (Å²) < 4.78 is 0.990. The van der Waals surface area contributed by atoms with Gasteiger partial charge in [0.15, 0.2) is 5.13 Å². The zero-order chi connectivity index (χ0) is 15.7. The van der Waals surface area contributed by atoms with Crippen LogP contribution in [0.3, 0.4) is 0 Å². The molecule has 110 valence electrons. The van der Waals surface area contributed by atoms with Crippen LogP contribution in [0.4, 0.5) is 10.8 Å². The van der Waals surface area contributed by atoms with E-state index in [0.717, 1.165) is 15.8 Å². The molecule has 1 aromatic heterocycles. The van der Waals surface area contributed by atoms with Gasteiger partial charge in [0.2, 0.25) is 0 Å². The smallest absolute Gasteiger partial charge is 0.269 e. The van der Waals surface area contributed by atoms with E-state index in [-0.39, 0.29) is 11.6 Å². The Morgan fingerprint density at radius 1 is 1.23 bits per heavy atom. The van der Waals surface area contributed by atoms with Gasteiger partial charge in [0.1, 0.15) is 0 Å². The van der Waals surface area contributed by atoms with E-state index < -0.39 is 4.92 Å². The number of hydrogen-bond acceptors (Lipinski definition) is 5. The van der Waals surface area contributed by atoms with Crippen molar-refractivity contribution in [1.82, 2.24) is 4.98 Å². The van der Waals surface area contributed by atoms with Crippen molar-refractivity contribution in [3.05, 3.63) is 63.7 Å². The maximum atomic E-state index is 12.1. The highest BCUT2D eigenvalue weighted by molar-refractivity contribution is 7.22. The summed E-state index contributed by atoms with van der Waals surface area (Å²) in [5.41, 5.74) is 2.24. The number of nitro benzene ring substituents is 1. The lowest BCUT2D eigenvalue weighted by molar-refractivity contribution is -0.384. The fraction of sp³-hybridized carbons (Fsp3) is 0.0667. The molecule has 7 heteroatoms. The number of benzene rings is 2. The van der Waals surface area contributed by atoms with Crippen LogP contribution in [0, 0.1) is 17.0 Å². The third-order valence-corrected chi connectivity index (χ3v) is 4.06. The molecule has 0 aliphatic heterocycles. The topological polar surface area (TPSA) is 85.1 Å². The highest BCUT2D eigenvalue weighted by Gasteiger charge is 2.12. The number of amides is 1. The number of hydrogen-bond donors (Lipinski definition) is 1. The molecule has 0 unspecified atom stereocenters. The third kappa shape index (κ3) is 2.79. The zero-order valence-corrected chi connectivity index (χ0v) is 12.4. The van der Waals surface area contributed by atoms with E-state index in [1.165, 1.54) is 35.6 Å². The lowest BCUT2D eigenvalue weighted by Gasteiger charge is -2.00. The van der Waals surface area contributed by atoms with Gasteiger partial charge in [-0.05, 0) is 36.8 Å². The fourth-order valence-corrected chi connectivity index (χ4v) is 2.84. The van der Waals surface area contributed by atoms with Crippen molar-refractivity contribution in [3.8, 4) is 0 Å². The van der Waals surface area contributed by atoms with Crippen LogP contribution in [0.1, 0.15) is 15.9 Å². The number of nitrogens with one attached hydrogen (secondary N) is 1. The van der Waals surface area contributed by atoms with Crippen molar-refractivity contribution < 1.29 is 9.72 Å². The normalized spacial score (nSPS) is 10.6. The Hall–Kier alpha value is -2.80. The number of carbonyl (C=O) groups excluding carboxylic acids is 1. The highest BCUT2D eigenvalue weighted by Crippen LogP contribution is 2.27. The van der Waals surface area contributed by atoms with Gasteiger partial charge in [0.25, 0.3) is 11.6 Å². The van der Waals surface area contributed by atoms with Crippen LogP contribution in [-0.4, -0.2) is 15.8 Å². The van der Waals surface area contributed by atoms with Crippen molar-refractivity contribution in [2.75, 3.05) is 5.32 Å². The van der Waals surface area contributed by atoms with E-state index in [2.05, 4.69) is 10.3 Å². The SMILES string of the molecule is Cc1ccc2sc(NC(=O)c3ccc([N+](=O)[O-])cc3)nc2c1. The number of rotatable bonds is 3. The van der Waals surface area contributed by atoms with Crippen LogP contribution >= 0.6 is 11.3 Å². The Morgan fingerprint density at radius 3 is 2.64 bits per heavy atom. The average molecular weight is 313 g/mol. The number of fused-ring (bicyclic) bond motifs is 1. The molecule has 0 bridgehead atoms. The largest absolute Gasteiger partial charge is 0.298 e. The number of aromatic nitrogens is 1. The zero-order valence-electron chi connectivity index (χ0n) is 11.6. The Labute approximate surface area is 129 Å². The molecule has 0 aliphatic rings. The number of anilines is 1. The van der Waals surface area contributed by atoms with Crippen LogP contribution in [-0.2, 0) is 0 Å². The molecule has 0 spiro atoms. The minimum absolute atomic E-state index is 0.0491. The van der Waals surface area contributed by atoms with E-state index in [9.17, 15) is 14.9 Å². The Morgan fingerprint density at radius 2 is 1.95 bits per heavy atom. The Bertz CT molecular complexity index is 871. The molecule has 0 aliphatic carbocycles. The first-order valence-corrected chi connectivity index (χ1v) is 7.27. The number of thiazole rings is 1. The molecule has 2 aromatic carbocycles. The molecule has 1 N–H and O–H groups in total. The summed E-state index contributed by atoms with van der Waals surface area (Å²) in [6.45, 7) is 1.98. The molecule has 1 heterocycles. The van der Waals surface area contributed by atoms with Gasteiger partial charge in [-0.25, -0.2) is 4.98 Å². The van der Waals surface area contributed by atoms with Crippen LogP contribution in [0.25, 0.3) is 10.2 Å². The maximum absolute atomic E-state index is 12.1. The molecule has 0 fully saturated rings. The van der Waals surface area contributed by atoms with Crippen molar-refractivity contribution in [1.29, 1.82) is 0 Å². The van der Waals surface area contributed by atoms with E-state index in [1.54, 1.807) is 0 Å². The quantitative estimate of drug-likeness (QED) is 0.589. The monoisotopic (exact) mass is 313 g/mol. The Kier molecular flexibility index (Phi) is 3.56. The molecule has 0 radical (unpaired) electrons. The van der Waals surface area contributed by atoms with Crippen molar-refractivity contribution in [3.63, 3.8) is 0 Å². The molecule has 6 nitrogen and oxygen atoms in total. The van der Waals surface area contributed by atoms with Gasteiger partial charge in [0.05, 0.1) is 15.1 Å². The number of nitrogens with zero attached hydrogens (tertiary/aromatic N) is 2. The summed E-state index contributed by atoms with van der Waals surface area (Å²) in [4.78, 5) is 26.6. The Balaban J connectivity index is 1.81. The van der Waals surface area contributed by atoms with E-state index in [0.29, 0.717) is 10.7 Å². The van der Waals surface area contributed by atoms with Gasteiger partial charge in [-0.2, -0.15) is 0 Å². The maximum Gasteiger partial charge on any atom is 0.269 e. The summed E-state index contributed by atoms with van der Waals surface area (Å²) in [5, 5.41) is 13.8. The lowest BCUT2D eigenvalue weighted by Crippen LogP contribution is -2.11. The molecular weight excluding hydrogens is 302 g/mol.